The Morgan fingerprint density at radius 2 is 1.86 bits per heavy atom. The number of benzene rings is 1. The van der Waals surface area contributed by atoms with Crippen LogP contribution in [0.3, 0.4) is 0 Å². The summed E-state index contributed by atoms with van der Waals surface area (Å²) in [6.45, 7) is -0.352. The third kappa shape index (κ3) is 9.06. The van der Waals surface area contributed by atoms with Crippen molar-refractivity contribution in [3.63, 3.8) is 0 Å². The summed E-state index contributed by atoms with van der Waals surface area (Å²) >= 11 is 0. The maximum atomic E-state index is 14.3. The number of halogens is 5. The summed E-state index contributed by atoms with van der Waals surface area (Å²) < 4.78 is 28.6. The van der Waals surface area contributed by atoms with Gasteiger partial charge in [0, 0.05) is 18.7 Å². The molecule has 2 aliphatic heterocycles. The summed E-state index contributed by atoms with van der Waals surface area (Å²) in [7, 11) is 0. The lowest BCUT2D eigenvalue weighted by molar-refractivity contribution is -0.129. The van der Waals surface area contributed by atoms with Crippen molar-refractivity contribution >= 4 is 36.3 Å². The van der Waals surface area contributed by atoms with Gasteiger partial charge in [-0.2, -0.15) is 8.78 Å². The molecule has 0 fully saturated rings. The van der Waals surface area contributed by atoms with Crippen LogP contribution in [-0.4, -0.2) is 54.3 Å². The minimum Gasteiger partial charge on any atom is -1.00 e. The first-order chi connectivity index (χ1) is 15.4. The van der Waals surface area contributed by atoms with Crippen LogP contribution in [0.2, 0.25) is 0 Å². The third-order valence-electron chi connectivity index (χ3n) is 4.75. The first-order valence-electron chi connectivity index (χ1n) is 10.0. The largest absolute Gasteiger partial charge is 1.00 e. The van der Waals surface area contributed by atoms with E-state index in [-0.39, 0.29) is 56.1 Å². The average molecular weight is 550 g/mol. The first-order valence-corrected chi connectivity index (χ1v) is 10.0. The van der Waals surface area contributed by atoms with Crippen molar-refractivity contribution in [2.24, 2.45) is 5.73 Å². The van der Waals surface area contributed by atoms with Gasteiger partial charge >= 0.3 is 23.4 Å². The summed E-state index contributed by atoms with van der Waals surface area (Å²) in [5.41, 5.74) is 7.17. The molecule has 0 spiro atoms. The van der Waals surface area contributed by atoms with Crippen molar-refractivity contribution in [1.82, 2.24) is 25.5 Å². The monoisotopic (exact) mass is 548 g/mol. The molecular formula is C22H25Cl3F2N6O2. The van der Waals surface area contributed by atoms with Gasteiger partial charge in [-0.05, 0) is 35.2 Å². The van der Waals surface area contributed by atoms with Crippen LogP contribution in [0.5, 0.6) is 0 Å². The van der Waals surface area contributed by atoms with Crippen molar-refractivity contribution < 1.29 is 43.2 Å². The highest BCUT2D eigenvalue weighted by Gasteiger charge is 2.46. The second-order valence-electron chi connectivity index (χ2n) is 7.07. The van der Waals surface area contributed by atoms with Crippen LogP contribution in [-0.2, 0) is 22.6 Å². The van der Waals surface area contributed by atoms with Crippen LogP contribution in [0.4, 0.5) is 8.78 Å². The molecule has 3 rings (SSSR count). The summed E-state index contributed by atoms with van der Waals surface area (Å²) in [6.07, 6.45) is 8.74. The summed E-state index contributed by atoms with van der Waals surface area (Å²) in [5, 5.41) is 5.13. The fraction of sp³-hybridized carbons (Fsp3) is 0.273. The van der Waals surface area contributed by atoms with Gasteiger partial charge in [-0.15, -0.1) is 12.4 Å². The Bertz CT molecular complexity index is 1030. The second-order valence-corrected chi connectivity index (χ2v) is 7.07. The van der Waals surface area contributed by atoms with Crippen molar-refractivity contribution in [2.75, 3.05) is 19.6 Å². The molecule has 190 valence electrons. The van der Waals surface area contributed by atoms with E-state index in [2.05, 4.69) is 20.6 Å². The van der Waals surface area contributed by atoms with Gasteiger partial charge in [0.05, 0.1) is 11.2 Å². The molecule has 0 bridgehead atoms. The van der Waals surface area contributed by atoms with Crippen LogP contribution >= 0.6 is 12.4 Å². The number of hydrogen-bond donors (Lipinski definition) is 3. The average Bonchev–Trinajstić information content (AvgIpc) is 2.80. The Balaban J connectivity index is 0.00000385. The van der Waals surface area contributed by atoms with Gasteiger partial charge in [-0.1, -0.05) is 24.3 Å². The van der Waals surface area contributed by atoms with Gasteiger partial charge in [-0.3, -0.25) is 19.8 Å². The molecule has 2 aliphatic rings. The molecule has 8 nitrogen and oxygen atoms in total. The molecule has 0 saturated heterocycles. The Morgan fingerprint density at radius 3 is 2.51 bits per heavy atom. The summed E-state index contributed by atoms with van der Waals surface area (Å²) in [4.78, 5) is 33.5. The van der Waals surface area contributed by atoms with Crippen molar-refractivity contribution in [3.05, 3.63) is 71.7 Å². The van der Waals surface area contributed by atoms with Crippen LogP contribution in [0, 0.1) is 0 Å². The van der Waals surface area contributed by atoms with Gasteiger partial charge in [0.25, 0.3) is 0 Å². The van der Waals surface area contributed by atoms with Crippen molar-refractivity contribution in [2.45, 2.75) is 18.9 Å². The summed E-state index contributed by atoms with van der Waals surface area (Å²) in [5.74, 6) is -4.65. The number of alkyl halides is 2. The van der Waals surface area contributed by atoms with Crippen LogP contribution in [0.25, 0.3) is 0 Å². The fourth-order valence-electron chi connectivity index (χ4n) is 3.09. The molecule has 4 N–H and O–H groups in total. The lowest BCUT2D eigenvalue weighted by atomic mass is 10.0. The molecule has 35 heavy (non-hydrogen) atoms. The molecule has 13 heteroatoms. The van der Waals surface area contributed by atoms with E-state index in [9.17, 15) is 18.4 Å². The molecule has 1 aromatic rings. The highest BCUT2D eigenvalue weighted by Crippen LogP contribution is 2.22. The minimum absolute atomic E-state index is 0. The molecule has 0 saturated carbocycles. The molecule has 0 aromatic heterocycles. The Morgan fingerprint density at radius 1 is 1.14 bits per heavy atom. The summed E-state index contributed by atoms with van der Waals surface area (Å²) in [6, 6.07) is 7.61. The number of nitrogens with two attached hydrogens (primary N) is 1. The van der Waals surface area contributed by atoms with E-state index in [0.29, 0.717) is 13.0 Å². The lowest BCUT2D eigenvalue weighted by Gasteiger charge is -2.18. The SMILES string of the molecule is Cl.NCCc1ccccc1CNC(=O)CN1C=C[N+]=C(NCC(F)(F)C2=CC=CC=[N+]2)C1=O.[Cl-].[Cl-]. The van der Waals surface area contributed by atoms with E-state index in [1.807, 2.05) is 24.3 Å². The number of amides is 2. The molecule has 2 heterocycles. The zero-order chi connectivity index (χ0) is 23.0. The highest BCUT2D eigenvalue weighted by molar-refractivity contribution is 6.38. The number of rotatable bonds is 9. The smallest absolute Gasteiger partial charge is 0.382 e. The van der Waals surface area contributed by atoms with Crippen molar-refractivity contribution in [3.8, 4) is 0 Å². The Hall–Kier alpha value is -2.79. The number of nitrogens with zero attached hydrogens (tertiary/aromatic N) is 3. The first kappa shape index (κ1) is 32.2. The fourth-order valence-corrected chi connectivity index (χ4v) is 3.09. The Labute approximate surface area is 220 Å². The van der Waals surface area contributed by atoms with E-state index in [1.54, 1.807) is 0 Å². The zero-order valence-electron chi connectivity index (χ0n) is 18.5. The predicted molar refractivity (Wildman–Crippen MR) is 125 cm³/mol. The number of hydrogen-bond acceptors (Lipinski definition) is 6. The van der Waals surface area contributed by atoms with Crippen LogP contribution in [0.1, 0.15) is 11.1 Å². The lowest BCUT2D eigenvalue weighted by Crippen LogP contribution is -3.00. The van der Waals surface area contributed by atoms with Gasteiger partial charge in [-0.25, -0.2) is 0 Å². The normalized spacial score (nSPS) is 14.1. The van der Waals surface area contributed by atoms with E-state index < -0.39 is 30.0 Å². The number of nitrogens with one attached hydrogen (secondary N) is 2. The minimum atomic E-state index is -3.30. The zero-order valence-corrected chi connectivity index (χ0v) is 20.8. The quantitative estimate of drug-likeness (QED) is 0.285. The van der Waals surface area contributed by atoms with Crippen molar-refractivity contribution in [1.29, 1.82) is 0 Å². The van der Waals surface area contributed by atoms with Gasteiger partial charge in [0.15, 0.2) is 12.7 Å². The highest BCUT2D eigenvalue weighted by atomic mass is 35.5. The van der Waals surface area contributed by atoms with Gasteiger partial charge in [0.1, 0.15) is 6.54 Å². The molecule has 2 radical (unpaired) electrons. The molecule has 0 aliphatic carbocycles. The Kier molecular flexibility index (Phi) is 14.0. The molecule has 1 aromatic carbocycles. The number of carbonyl (C=O) groups excluding carboxylic acids is 2. The standard InChI is InChI=1S/C22H24F2N6O2.3ClH/c23-22(24,18-7-3-4-10-26-18)15-29-20-21(32)30(12-11-27-20)14-19(31)28-13-17-6-2-1-5-16(17)8-9-25;;;/h1-7,10-12,29H,8-9,13-15,25H2,(H,28,31);3*1H/q+2;;;/p-2. The second kappa shape index (κ2) is 15.3. The maximum absolute atomic E-state index is 14.3. The molecule has 0 atom stereocenters. The molecule has 2 amide bonds. The number of allylic oxidation sites excluding steroid dienone is 3. The van der Waals surface area contributed by atoms with E-state index in [4.69, 9.17) is 5.73 Å². The topological polar surface area (TPSA) is 116 Å². The third-order valence-corrected chi connectivity index (χ3v) is 4.75. The van der Waals surface area contributed by atoms with E-state index in [0.717, 1.165) is 16.0 Å². The molecular weight excluding hydrogens is 525 g/mol. The maximum Gasteiger partial charge on any atom is 0.382 e. The molecule has 0 unspecified atom stereocenters. The van der Waals surface area contributed by atoms with Crippen LogP contribution < -0.4 is 51.2 Å². The van der Waals surface area contributed by atoms with Gasteiger partial charge < -0.3 is 35.9 Å². The number of carbonyl (C=O) groups is 2. The van der Waals surface area contributed by atoms with Crippen LogP contribution in [0.15, 0.2) is 60.6 Å². The number of amidine groups is 1. The van der Waals surface area contributed by atoms with E-state index in [1.165, 1.54) is 36.8 Å². The van der Waals surface area contributed by atoms with Gasteiger partial charge in [0.2, 0.25) is 12.1 Å². The van der Waals surface area contributed by atoms with E-state index >= 15 is 0 Å². The number of aliphatic imine (C=N–C) groups is 2. The predicted octanol–water partition coefficient (Wildman–Crippen LogP) is -5.63.